The summed E-state index contributed by atoms with van der Waals surface area (Å²) in [4.78, 5) is 21.4. The van der Waals surface area contributed by atoms with Gasteiger partial charge < -0.3 is 9.47 Å². The predicted octanol–water partition coefficient (Wildman–Crippen LogP) is 3.31. The van der Waals surface area contributed by atoms with E-state index in [9.17, 15) is 19.3 Å². The Labute approximate surface area is 118 Å². The molecule has 0 unspecified atom stereocenters. The molecule has 2 aromatic rings. The van der Waals surface area contributed by atoms with Gasteiger partial charge in [0.25, 0.3) is 0 Å². The number of benzene rings is 2. The Morgan fingerprint density at radius 1 is 1.19 bits per heavy atom. The maximum absolute atomic E-state index is 13.0. The van der Waals surface area contributed by atoms with Gasteiger partial charge in [0, 0.05) is 0 Å². The molecular formula is C14H10FNO5. The molecule has 0 heterocycles. The molecule has 0 fully saturated rings. The van der Waals surface area contributed by atoms with Gasteiger partial charge in [-0.1, -0.05) is 0 Å². The Bertz CT molecular complexity index is 684. The number of esters is 1. The zero-order chi connectivity index (χ0) is 15.4. The molecule has 21 heavy (non-hydrogen) atoms. The number of rotatable bonds is 4. The first kappa shape index (κ1) is 14.4. The number of hydrogen-bond donors (Lipinski definition) is 0. The number of methoxy groups -OCH3 is 1. The Balaban J connectivity index is 2.26. The molecule has 0 saturated heterocycles. The summed E-state index contributed by atoms with van der Waals surface area (Å²) in [5.74, 6) is -1.05. The second-order valence-electron chi connectivity index (χ2n) is 3.99. The molecule has 0 saturated carbocycles. The van der Waals surface area contributed by atoms with Crippen LogP contribution in [-0.2, 0) is 4.74 Å². The van der Waals surface area contributed by atoms with Crippen LogP contribution in [0.3, 0.4) is 0 Å². The molecule has 0 spiro atoms. The van der Waals surface area contributed by atoms with Crippen molar-refractivity contribution >= 4 is 11.7 Å². The van der Waals surface area contributed by atoms with Gasteiger partial charge in [0.1, 0.15) is 11.6 Å². The summed E-state index contributed by atoms with van der Waals surface area (Å²) in [5.41, 5.74) is -0.162. The zero-order valence-electron chi connectivity index (χ0n) is 10.9. The molecule has 7 heteroatoms. The van der Waals surface area contributed by atoms with E-state index >= 15 is 0 Å². The van der Waals surface area contributed by atoms with Gasteiger partial charge in [-0.3, -0.25) is 10.1 Å². The van der Waals surface area contributed by atoms with Gasteiger partial charge in [-0.15, -0.1) is 0 Å². The number of hydrogen-bond acceptors (Lipinski definition) is 5. The van der Waals surface area contributed by atoms with Crippen LogP contribution in [0.5, 0.6) is 11.5 Å². The van der Waals surface area contributed by atoms with E-state index in [2.05, 4.69) is 4.74 Å². The number of carbonyl (C=O) groups is 1. The van der Waals surface area contributed by atoms with Crippen LogP contribution in [0.15, 0.2) is 42.5 Å². The molecule has 0 aromatic heterocycles. The molecular weight excluding hydrogens is 281 g/mol. The van der Waals surface area contributed by atoms with Gasteiger partial charge in [0.15, 0.2) is 0 Å². The third kappa shape index (κ3) is 3.33. The highest BCUT2D eigenvalue weighted by Gasteiger charge is 2.17. The van der Waals surface area contributed by atoms with Crippen LogP contribution in [0.25, 0.3) is 0 Å². The Hall–Kier alpha value is -2.96. The molecule has 0 aliphatic heterocycles. The number of halogens is 1. The summed E-state index contributed by atoms with van der Waals surface area (Å²) in [6.07, 6.45) is 0. The van der Waals surface area contributed by atoms with E-state index in [1.807, 2.05) is 0 Å². The van der Waals surface area contributed by atoms with E-state index < -0.39 is 22.4 Å². The highest BCUT2D eigenvalue weighted by molar-refractivity contribution is 5.89. The van der Waals surface area contributed by atoms with Crippen LogP contribution < -0.4 is 4.74 Å². The van der Waals surface area contributed by atoms with E-state index in [0.717, 1.165) is 12.1 Å². The van der Waals surface area contributed by atoms with Crippen molar-refractivity contribution < 1.29 is 23.6 Å². The first-order chi connectivity index (χ1) is 10.0. The lowest BCUT2D eigenvalue weighted by atomic mass is 10.2. The second-order valence-corrected chi connectivity index (χ2v) is 3.99. The van der Waals surface area contributed by atoms with Gasteiger partial charge >= 0.3 is 11.7 Å². The van der Waals surface area contributed by atoms with Gasteiger partial charge in [0.05, 0.1) is 23.7 Å². The summed E-state index contributed by atoms with van der Waals surface area (Å²) in [5, 5.41) is 10.8. The molecule has 108 valence electrons. The topological polar surface area (TPSA) is 78.7 Å². The number of nitro benzene ring substituents is 1. The first-order valence-corrected chi connectivity index (χ1v) is 5.81. The van der Waals surface area contributed by atoms with E-state index in [0.29, 0.717) is 5.56 Å². The van der Waals surface area contributed by atoms with Crippen LogP contribution in [0.2, 0.25) is 0 Å². The van der Waals surface area contributed by atoms with Crippen molar-refractivity contribution in [1.29, 1.82) is 0 Å². The highest BCUT2D eigenvalue weighted by atomic mass is 19.1. The minimum absolute atomic E-state index is 0.0905. The molecule has 0 radical (unpaired) electrons. The van der Waals surface area contributed by atoms with Crippen molar-refractivity contribution in [2.45, 2.75) is 0 Å². The fraction of sp³-hybridized carbons (Fsp3) is 0.0714. The van der Waals surface area contributed by atoms with E-state index in [-0.39, 0.29) is 11.5 Å². The van der Waals surface area contributed by atoms with Crippen molar-refractivity contribution in [3.63, 3.8) is 0 Å². The first-order valence-electron chi connectivity index (χ1n) is 5.81. The number of nitrogens with zero attached hydrogens (tertiary/aromatic N) is 1. The molecule has 6 nitrogen and oxygen atoms in total. The molecule has 0 aliphatic rings. The minimum atomic E-state index is -0.735. The summed E-state index contributed by atoms with van der Waals surface area (Å²) in [7, 11) is 1.26. The molecule has 0 N–H and O–H groups in total. The van der Waals surface area contributed by atoms with Crippen LogP contribution >= 0.6 is 0 Å². The summed E-state index contributed by atoms with van der Waals surface area (Å²) in [6.45, 7) is 0. The third-order valence-corrected chi connectivity index (χ3v) is 2.62. The van der Waals surface area contributed by atoms with Crippen molar-refractivity contribution in [3.8, 4) is 11.5 Å². The van der Waals surface area contributed by atoms with Crippen LogP contribution in [0, 0.1) is 15.9 Å². The average molecular weight is 291 g/mol. The lowest BCUT2D eigenvalue weighted by Gasteiger charge is -2.07. The number of nitro groups is 1. The van der Waals surface area contributed by atoms with Crippen LogP contribution in [-0.4, -0.2) is 18.0 Å². The summed E-state index contributed by atoms with van der Waals surface area (Å²) in [6, 6.07) is 8.83. The maximum Gasteiger partial charge on any atom is 0.337 e. The maximum atomic E-state index is 13.0. The fourth-order valence-electron chi connectivity index (χ4n) is 1.62. The predicted molar refractivity (Wildman–Crippen MR) is 70.9 cm³/mol. The lowest BCUT2D eigenvalue weighted by Crippen LogP contribution is -2.00. The number of ether oxygens (including phenoxy) is 2. The van der Waals surface area contributed by atoms with Crippen molar-refractivity contribution in [1.82, 2.24) is 0 Å². The van der Waals surface area contributed by atoms with Crippen LogP contribution in [0.4, 0.5) is 10.1 Å². The molecule has 2 aromatic carbocycles. The van der Waals surface area contributed by atoms with E-state index in [4.69, 9.17) is 4.74 Å². The second kappa shape index (κ2) is 6.00. The normalized spacial score (nSPS) is 10.0. The average Bonchev–Trinajstić information content (AvgIpc) is 2.49. The Morgan fingerprint density at radius 2 is 1.86 bits per heavy atom. The molecule has 2 rings (SSSR count). The Morgan fingerprint density at radius 3 is 2.43 bits per heavy atom. The lowest BCUT2D eigenvalue weighted by molar-refractivity contribution is -0.385. The summed E-state index contributed by atoms with van der Waals surface area (Å²) < 4.78 is 22.9. The zero-order valence-corrected chi connectivity index (χ0v) is 10.9. The van der Waals surface area contributed by atoms with Gasteiger partial charge in [0.2, 0.25) is 5.75 Å². The third-order valence-electron chi connectivity index (χ3n) is 2.62. The van der Waals surface area contributed by atoms with Gasteiger partial charge in [-0.25, -0.2) is 9.18 Å². The summed E-state index contributed by atoms with van der Waals surface area (Å²) >= 11 is 0. The smallest absolute Gasteiger partial charge is 0.337 e. The molecule has 0 bridgehead atoms. The van der Waals surface area contributed by atoms with Crippen molar-refractivity contribution in [2.24, 2.45) is 0 Å². The Kier molecular flexibility index (Phi) is 4.13. The standard InChI is InChI=1S/C14H10FNO5/c1-20-14(17)9-2-5-11(6-3-9)21-13-7-4-10(15)8-12(13)16(18)19/h2-8H,1H3. The van der Waals surface area contributed by atoms with Crippen molar-refractivity contribution in [2.75, 3.05) is 7.11 Å². The molecule has 0 amide bonds. The number of carbonyl (C=O) groups excluding carboxylic acids is 1. The molecule has 0 atom stereocenters. The molecule has 0 aliphatic carbocycles. The highest BCUT2D eigenvalue weighted by Crippen LogP contribution is 2.31. The largest absolute Gasteiger partial charge is 0.465 e. The fourth-order valence-corrected chi connectivity index (χ4v) is 1.62. The van der Waals surface area contributed by atoms with Crippen LogP contribution in [0.1, 0.15) is 10.4 Å². The minimum Gasteiger partial charge on any atom is -0.465 e. The van der Waals surface area contributed by atoms with Gasteiger partial charge in [-0.2, -0.15) is 0 Å². The van der Waals surface area contributed by atoms with Crippen molar-refractivity contribution in [3.05, 3.63) is 64.0 Å². The van der Waals surface area contributed by atoms with E-state index in [1.165, 1.54) is 37.4 Å². The quantitative estimate of drug-likeness (QED) is 0.490. The monoisotopic (exact) mass is 291 g/mol. The SMILES string of the molecule is COC(=O)c1ccc(Oc2ccc(F)cc2[N+](=O)[O-])cc1. The van der Waals surface area contributed by atoms with Gasteiger partial charge in [-0.05, 0) is 36.4 Å². The van der Waals surface area contributed by atoms with E-state index in [1.54, 1.807) is 0 Å².